The van der Waals surface area contributed by atoms with E-state index in [2.05, 4.69) is 10.6 Å². The monoisotopic (exact) mass is 513 g/mol. The number of fused-ring (bicyclic) bond motifs is 3. The summed E-state index contributed by atoms with van der Waals surface area (Å²) in [5.41, 5.74) is 9.54. The molecule has 0 aliphatic heterocycles. The summed E-state index contributed by atoms with van der Waals surface area (Å²) in [5.74, 6) is -2.45. The van der Waals surface area contributed by atoms with Gasteiger partial charge in [-0.05, 0) is 22.3 Å². The second-order valence-electron chi connectivity index (χ2n) is 8.35. The minimum atomic E-state index is -1.20. The minimum absolute atomic E-state index is 0.0626. The highest BCUT2D eigenvalue weighted by Gasteiger charge is 2.30. The first-order valence-corrected chi connectivity index (χ1v) is 11.9. The molecule has 1 aliphatic rings. The van der Waals surface area contributed by atoms with Gasteiger partial charge < -0.3 is 35.7 Å². The molecule has 3 rings (SSSR count). The van der Waals surface area contributed by atoms with E-state index in [1.165, 1.54) is 0 Å². The van der Waals surface area contributed by atoms with Gasteiger partial charge in [0.15, 0.2) is 0 Å². The van der Waals surface area contributed by atoms with Crippen molar-refractivity contribution in [2.75, 3.05) is 39.6 Å². The number of amides is 3. The van der Waals surface area contributed by atoms with E-state index in [0.29, 0.717) is 0 Å². The number of alkyl carbamates (subject to hydrolysis) is 1. The van der Waals surface area contributed by atoms with Gasteiger partial charge in [-0.3, -0.25) is 14.4 Å². The molecule has 3 amide bonds. The third kappa shape index (κ3) is 8.29. The number of primary amides is 1. The summed E-state index contributed by atoms with van der Waals surface area (Å²) in [6.45, 7) is 0.865. The molecule has 0 bridgehead atoms. The third-order valence-corrected chi connectivity index (χ3v) is 5.74. The van der Waals surface area contributed by atoms with Crippen LogP contribution in [0.2, 0.25) is 0 Å². The molecule has 0 heterocycles. The number of nitrogens with two attached hydrogens (primary N) is 1. The van der Waals surface area contributed by atoms with Crippen LogP contribution < -0.4 is 16.4 Å². The van der Waals surface area contributed by atoms with Crippen LogP contribution in [-0.2, 0) is 28.6 Å². The number of nitrogens with one attached hydrogen (secondary N) is 2. The van der Waals surface area contributed by atoms with Gasteiger partial charge >= 0.3 is 12.1 Å². The summed E-state index contributed by atoms with van der Waals surface area (Å²) in [7, 11) is 0. The van der Waals surface area contributed by atoms with Crippen LogP contribution in [0.4, 0.5) is 4.79 Å². The van der Waals surface area contributed by atoms with Crippen molar-refractivity contribution in [1.82, 2.24) is 10.6 Å². The van der Waals surface area contributed by atoms with E-state index in [4.69, 9.17) is 25.1 Å². The molecule has 1 unspecified atom stereocenters. The molecule has 11 heteroatoms. The van der Waals surface area contributed by atoms with Crippen molar-refractivity contribution >= 4 is 23.9 Å². The lowest BCUT2D eigenvalue weighted by Crippen LogP contribution is -2.49. The summed E-state index contributed by atoms with van der Waals surface area (Å²) in [6.07, 6.45) is -1.32. The third-order valence-electron chi connectivity index (χ3n) is 5.74. The summed E-state index contributed by atoms with van der Waals surface area (Å²) in [4.78, 5) is 46.9. The largest absolute Gasteiger partial charge is 0.481 e. The second-order valence-corrected chi connectivity index (χ2v) is 8.35. The average molecular weight is 514 g/mol. The van der Waals surface area contributed by atoms with Crippen molar-refractivity contribution < 1.29 is 38.5 Å². The van der Waals surface area contributed by atoms with Gasteiger partial charge in [0.25, 0.3) is 0 Å². The fraction of sp³-hybridized carbons (Fsp3) is 0.385. The van der Waals surface area contributed by atoms with E-state index in [1.54, 1.807) is 0 Å². The smallest absolute Gasteiger partial charge is 0.407 e. The lowest BCUT2D eigenvalue weighted by molar-refractivity contribution is -0.138. The molecule has 0 spiro atoms. The van der Waals surface area contributed by atoms with Crippen molar-refractivity contribution in [3.05, 3.63) is 59.7 Å². The number of rotatable bonds is 15. The first-order chi connectivity index (χ1) is 17.9. The van der Waals surface area contributed by atoms with Gasteiger partial charge in [0, 0.05) is 12.5 Å². The normalized spacial score (nSPS) is 12.8. The van der Waals surface area contributed by atoms with E-state index < -0.39 is 36.3 Å². The number of carboxylic acid groups (broad SMARTS) is 1. The van der Waals surface area contributed by atoms with Gasteiger partial charge in [0.05, 0.1) is 39.3 Å². The number of carbonyl (C=O) groups excluding carboxylic acids is 3. The maximum Gasteiger partial charge on any atom is 0.407 e. The molecule has 198 valence electrons. The number of carboxylic acids is 1. The Morgan fingerprint density at radius 3 is 2.08 bits per heavy atom. The van der Waals surface area contributed by atoms with E-state index in [0.717, 1.165) is 22.3 Å². The molecular formula is C26H31N3O8. The number of aliphatic carboxylic acids is 1. The van der Waals surface area contributed by atoms with Crippen LogP contribution in [0.15, 0.2) is 48.5 Å². The van der Waals surface area contributed by atoms with Gasteiger partial charge in [-0.25, -0.2) is 4.79 Å². The molecule has 0 fully saturated rings. The molecule has 2 aromatic carbocycles. The Bertz CT molecular complexity index is 1060. The van der Waals surface area contributed by atoms with Crippen molar-refractivity contribution in [2.45, 2.75) is 24.8 Å². The zero-order valence-corrected chi connectivity index (χ0v) is 20.3. The summed E-state index contributed by atoms with van der Waals surface area (Å²) in [6, 6.07) is 14.6. The second kappa shape index (κ2) is 14.0. The molecule has 11 nitrogen and oxygen atoms in total. The van der Waals surface area contributed by atoms with Crippen LogP contribution in [0.1, 0.15) is 29.9 Å². The molecule has 2 aromatic rings. The Kier molecular flexibility index (Phi) is 10.4. The van der Waals surface area contributed by atoms with Gasteiger partial charge in [0.1, 0.15) is 12.6 Å². The van der Waals surface area contributed by atoms with Crippen molar-refractivity contribution in [2.24, 2.45) is 5.73 Å². The molecular weight excluding hydrogens is 482 g/mol. The summed E-state index contributed by atoms with van der Waals surface area (Å²) in [5, 5.41) is 13.5. The molecule has 0 aromatic heterocycles. The van der Waals surface area contributed by atoms with Crippen LogP contribution in [0.25, 0.3) is 11.1 Å². The molecule has 0 saturated carbocycles. The molecule has 5 N–H and O–H groups in total. The van der Waals surface area contributed by atoms with Gasteiger partial charge in [-0.1, -0.05) is 48.5 Å². The number of ether oxygens (including phenoxy) is 3. The van der Waals surface area contributed by atoms with Gasteiger partial charge in [0.2, 0.25) is 11.8 Å². The van der Waals surface area contributed by atoms with Crippen molar-refractivity contribution in [3.63, 3.8) is 0 Å². The molecule has 1 aliphatic carbocycles. The number of benzene rings is 2. The van der Waals surface area contributed by atoms with Crippen LogP contribution in [-0.4, -0.2) is 74.6 Å². The molecule has 1 atom stereocenters. The first-order valence-electron chi connectivity index (χ1n) is 11.9. The van der Waals surface area contributed by atoms with E-state index in [1.807, 2.05) is 48.5 Å². The minimum Gasteiger partial charge on any atom is -0.481 e. The number of carbonyl (C=O) groups is 4. The highest BCUT2D eigenvalue weighted by atomic mass is 16.5. The van der Waals surface area contributed by atoms with Crippen LogP contribution >= 0.6 is 0 Å². The van der Waals surface area contributed by atoms with Crippen LogP contribution in [0, 0.1) is 0 Å². The van der Waals surface area contributed by atoms with Crippen molar-refractivity contribution in [1.29, 1.82) is 0 Å². The average Bonchev–Trinajstić information content (AvgIpc) is 3.19. The lowest BCUT2D eigenvalue weighted by atomic mass is 9.98. The first kappa shape index (κ1) is 27.6. The standard InChI is InChI=1S/C26H31N3O8/c27-23(30)15-22(25(33)28-10-12-36-14-13-35-11-9-24(31)32)29-26(34)37-16-21-19-7-3-1-5-17(19)18-6-2-4-8-20(18)21/h1-8,21-22H,9-16H2,(H2,27,30)(H,28,33)(H,29,34)(H,31,32). The number of hydrogen-bond acceptors (Lipinski definition) is 7. The molecule has 37 heavy (non-hydrogen) atoms. The fourth-order valence-electron chi connectivity index (χ4n) is 4.04. The Labute approximate surface area is 214 Å². The zero-order valence-electron chi connectivity index (χ0n) is 20.3. The Hall–Kier alpha value is -3.96. The maximum atomic E-state index is 12.5. The van der Waals surface area contributed by atoms with Crippen LogP contribution in [0.5, 0.6) is 0 Å². The summed E-state index contributed by atoms with van der Waals surface area (Å²) < 4.78 is 15.8. The Balaban J connectivity index is 1.44. The number of hydrogen-bond donors (Lipinski definition) is 4. The van der Waals surface area contributed by atoms with E-state index >= 15 is 0 Å². The zero-order chi connectivity index (χ0) is 26.6. The maximum absolute atomic E-state index is 12.5. The topological polar surface area (TPSA) is 166 Å². The van der Waals surface area contributed by atoms with E-state index in [9.17, 15) is 19.2 Å². The Morgan fingerprint density at radius 2 is 1.49 bits per heavy atom. The quantitative estimate of drug-likeness (QED) is 0.259. The highest BCUT2D eigenvalue weighted by molar-refractivity contribution is 5.90. The van der Waals surface area contributed by atoms with E-state index in [-0.39, 0.29) is 51.9 Å². The molecule has 0 radical (unpaired) electrons. The lowest BCUT2D eigenvalue weighted by Gasteiger charge is -2.19. The molecule has 0 saturated heterocycles. The predicted octanol–water partition coefficient (Wildman–Crippen LogP) is 1.39. The SMILES string of the molecule is NC(=O)CC(NC(=O)OCC1c2ccccc2-c2ccccc21)C(=O)NCCOCCOCCC(=O)O. The van der Waals surface area contributed by atoms with Gasteiger partial charge in [-0.2, -0.15) is 0 Å². The fourth-order valence-corrected chi connectivity index (χ4v) is 4.04. The van der Waals surface area contributed by atoms with Crippen molar-refractivity contribution in [3.8, 4) is 11.1 Å². The van der Waals surface area contributed by atoms with Gasteiger partial charge in [-0.15, -0.1) is 0 Å². The summed E-state index contributed by atoms with van der Waals surface area (Å²) >= 11 is 0. The van der Waals surface area contributed by atoms with Crippen LogP contribution in [0.3, 0.4) is 0 Å². The Morgan fingerprint density at radius 1 is 0.892 bits per heavy atom. The highest BCUT2D eigenvalue weighted by Crippen LogP contribution is 2.44. The predicted molar refractivity (Wildman–Crippen MR) is 133 cm³/mol.